The van der Waals surface area contributed by atoms with Crippen LogP contribution in [0, 0.1) is 19.7 Å². The van der Waals surface area contributed by atoms with Crippen molar-refractivity contribution in [3.8, 4) is 0 Å². The summed E-state index contributed by atoms with van der Waals surface area (Å²) in [5, 5.41) is 7.59. The molecule has 3 N–H and O–H groups in total. The molecule has 29 heavy (non-hydrogen) atoms. The monoisotopic (exact) mass is 390 g/mol. The molecule has 4 rings (SSSR count). The zero-order chi connectivity index (χ0) is 20.2. The summed E-state index contributed by atoms with van der Waals surface area (Å²) in [4.78, 5) is 15.8. The van der Waals surface area contributed by atoms with Crippen molar-refractivity contribution in [1.29, 1.82) is 0 Å². The van der Waals surface area contributed by atoms with Gasteiger partial charge in [0.05, 0.1) is 5.52 Å². The van der Waals surface area contributed by atoms with Crippen LogP contribution < -0.4 is 10.6 Å². The van der Waals surface area contributed by atoms with Gasteiger partial charge in [-0.3, -0.25) is 4.98 Å². The second-order valence-electron chi connectivity index (χ2n) is 7.02. The van der Waals surface area contributed by atoms with E-state index in [0.29, 0.717) is 18.6 Å². The fourth-order valence-electron chi connectivity index (χ4n) is 3.52. The molecule has 0 saturated carbocycles. The summed E-state index contributed by atoms with van der Waals surface area (Å²) in [6, 6.07) is 9.13. The third-order valence-electron chi connectivity index (χ3n) is 4.97. The van der Waals surface area contributed by atoms with Gasteiger partial charge in [-0.2, -0.15) is 0 Å². The number of hydrogen-bond donors (Lipinski definition) is 3. The molecular formula is C22H23FN6. The van der Waals surface area contributed by atoms with Crippen molar-refractivity contribution in [3.05, 3.63) is 77.3 Å². The van der Waals surface area contributed by atoms with Gasteiger partial charge in [-0.05, 0) is 49.1 Å². The van der Waals surface area contributed by atoms with Gasteiger partial charge in [0.2, 0.25) is 0 Å². The van der Waals surface area contributed by atoms with E-state index in [2.05, 4.69) is 30.6 Å². The number of H-pyrrole nitrogens is 1. The van der Waals surface area contributed by atoms with E-state index >= 15 is 0 Å². The van der Waals surface area contributed by atoms with Crippen LogP contribution in [-0.4, -0.2) is 26.5 Å². The number of nitrogens with one attached hydrogen (secondary N) is 3. The number of benzene rings is 1. The number of halogens is 1. The van der Waals surface area contributed by atoms with Crippen molar-refractivity contribution in [3.63, 3.8) is 0 Å². The molecule has 3 aromatic heterocycles. The van der Waals surface area contributed by atoms with E-state index in [1.807, 2.05) is 44.3 Å². The summed E-state index contributed by atoms with van der Waals surface area (Å²) in [6.45, 7) is 5.32. The first-order valence-electron chi connectivity index (χ1n) is 9.57. The molecule has 0 amide bonds. The van der Waals surface area contributed by atoms with Crippen molar-refractivity contribution < 1.29 is 4.39 Å². The summed E-state index contributed by atoms with van der Waals surface area (Å²) >= 11 is 0. The number of anilines is 2. The summed E-state index contributed by atoms with van der Waals surface area (Å²) in [7, 11) is 0. The first kappa shape index (κ1) is 18.9. The quantitative estimate of drug-likeness (QED) is 0.437. The molecule has 0 fully saturated rings. The number of aryl methyl sites for hydroxylation is 2. The second kappa shape index (κ2) is 8.26. The molecule has 0 atom stereocenters. The largest absolute Gasteiger partial charge is 0.370 e. The van der Waals surface area contributed by atoms with Crippen molar-refractivity contribution in [2.45, 2.75) is 26.8 Å². The van der Waals surface area contributed by atoms with Gasteiger partial charge in [0, 0.05) is 42.6 Å². The van der Waals surface area contributed by atoms with Gasteiger partial charge in [0.1, 0.15) is 23.8 Å². The average molecular weight is 390 g/mol. The van der Waals surface area contributed by atoms with E-state index in [0.717, 1.165) is 45.8 Å². The Morgan fingerprint density at radius 2 is 1.90 bits per heavy atom. The third kappa shape index (κ3) is 4.18. The first-order chi connectivity index (χ1) is 14.1. The van der Waals surface area contributed by atoms with Crippen LogP contribution in [0.4, 0.5) is 16.0 Å². The van der Waals surface area contributed by atoms with Crippen LogP contribution >= 0.6 is 0 Å². The molecule has 0 aliphatic heterocycles. The van der Waals surface area contributed by atoms with Gasteiger partial charge >= 0.3 is 0 Å². The molecule has 7 heteroatoms. The fraction of sp³-hybridized carbons (Fsp3) is 0.227. The third-order valence-corrected chi connectivity index (χ3v) is 4.97. The molecule has 0 spiro atoms. The Hall–Kier alpha value is -3.48. The van der Waals surface area contributed by atoms with E-state index in [-0.39, 0.29) is 5.82 Å². The Labute approximate surface area is 168 Å². The highest BCUT2D eigenvalue weighted by atomic mass is 19.1. The predicted molar refractivity (Wildman–Crippen MR) is 114 cm³/mol. The predicted octanol–water partition coefficient (Wildman–Crippen LogP) is 4.38. The summed E-state index contributed by atoms with van der Waals surface area (Å²) in [5.41, 5.74) is 4.87. The topological polar surface area (TPSA) is 78.5 Å². The summed E-state index contributed by atoms with van der Waals surface area (Å²) in [5.74, 6) is 1.27. The molecular weight excluding hydrogens is 367 g/mol. The highest BCUT2D eigenvalue weighted by Gasteiger charge is 2.13. The lowest BCUT2D eigenvalue weighted by Gasteiger charge is -2.09. The van der Waals surface area contributed by atoms with Crippen molar-refractivity contribution >= 4 is 22.5 Å². The summed E-state index contributed by atoms with van der Waals surface area (Å²) < 4.78 is 14.1. The SMILES string of the molecule is Cc1[nH]c2c(F)ccc(C)c2c1CCNc1cc(NCc2cccnc2)ncn1. The second-order valence-corrected chi connectivity index (χ2v) is 7.02. The normalized spacial score (nSPS) is 11.0. The van der Waals surface area contributed by atoms with E-state index < -0.39 is 0 Å². The van der Waals surface area contributed by atoms with E-state index in [4.69, 9.17) is 0 Å². The first-order valence-corrected chi connectivity index (χ1v) is 9.57. The minimum absolute atomic E-state index is 0.215. The lowest BCUT2D eigenvalue weighted by Crippen LogP contribution is -2.08. The maximum atomic E-state index is 14.1. The number of pyridine rings is 1. The summed E-state index contributed by atoms with van der Waals surface area (Å²) in [6.07, 6.45) is 5.87. The lowest BCUT2D eigenvalue weighted by molar-refractivity contribution is 0.637. The molecule has 0 aliphatic rings. The van der Waals surface area contributed by atoms with Gasteiger partial charge in [0.15, 0.2) is 0 Å². The highest BCUT2D eigenvalue weighted by Crippen LogP contribution is 2.28. The highest BCUT2D eigenvalue weighted by molar-refractivity contribution is 5.88. The van der Waals surface area contributed by atoms with Crippen molar-refractivity contribution in [1.82, 2.24) is 19.9 Å². The Balaban J connectivity index is 1.41. The van der Waals surface area contributed by atoms with Gasteiger partial charge in [-0.1, -0.05) is 12.1 Å². The molecule has 3 heterocycles. The maximum Gasteiger partial charge on any atom is 0.147 e. The molecule has 6 nitrogen and oxygen atoms in total. The molecule has 0 unspecified atom stereocenters. The molecule has 0 bridgehead atoms. The number of aromatic nitrogens is 4. The Morgan fingerprint density at radius 3 is 2.69 bits per heavy atom. The van der Waals surface area contributed by atoms with Crippen LogP contribution in [0.15, 0.2) is 49.1 Å². The molecule has 148 valence electrons. The molecule has 4 aromatic rings. The van der Waals surface area contributed by atoms with Crippen LogP contribution in [0.5, 0.6) is 0 Å². The number of hydrogen-bond acceptors (Lipinski definition) is 5. The Bertz CT molecular complexity index is 1120. The van der Waals surface area contributed by atoms with Crippen molar-refractivity contribution in [2.24, 2.45) is 0 Å². The zero-order valence-corrected chi connectivity index (χ0v) is 16.5. The number of fused-ring (bicyclic) bond motifs is 1. The van der Waals surface area contributed by atoms with Gasteiger partial charge in [-0.15, -0.1) is 0 Å². The van der Waals surface area contributed by atoms with Gasteiger partial charge in [0.25, 0.3) is 0 Å². The van der Waals surface area contributed by atoms with Crippen LogP contribution in [0.1, 0.15) is 22.4 Å². The lowest BCUT2D eigenvalue weighted by atomic mass is 10.0. The minimum atomic E-state index is -0.215. The molecule has 0 aliphatic carbocycles. The van der Waals surface area contributed by atoms with Crippen LogP contribution in [0.25, 0.3) is 10.9 Å². The Morgan fingerprint density at radius 1 is 1.07 bits per heavy atom. The maximum absolute atomic E-state index is 14.1. The molecule has 1 aromatic carbocycles. The standard InChI is InChI=1S/C22H23FN6/c1-14-5-6-18(23)22-21(14)17(15(2)29-22)7-9-25-19-10-20(28-13-27-19)26-12-16-4-3-8-24-11-16/h3-6,8,10-11,13,29H,7,9,12H2,1-2H3,(H2,25,26,27,28). The number of rotatable bonds is 7. The van der Waals surface area contributed by atoms with Gasteiger partial charge in [-0.25, -0.2) is 14.4 Å². The van der Waals surface area contributed by atoms with Crippen LogP contribution in [0.3, 0.4) is 0 Å². The van der Waals surface area contributed by atoms with Crippen molar-refractivity contribution in [2.75, 3.05) is 17.2 Å². The average Bonchev–Trinajstić information content (AvgIpc) is 3.08. The molecule has 0 radical (unpaired) electrons. The van der Waals surface area contributed by atoms with Crippen LogP contribution in [0.2, 0.25) is 0 Å². The number of nitrogens with zero attached hydrogens (tertiary/aromatic N) is 3. The minimum Gasteiger partial charge on any atom is -0.370 e. The fourth-order valence-corrected chi connectivity index (χ4v) is 3.52. The van der Waals surface area contributed by atoms with E-state index in [1.54, 1.807) is 6.20 Å². The smallest absolute Gasteiger partial charge is 0.147 e. The van der Waals surface area contributed by atoms with Gasteiger partial charge < -0.3 is 15.6 Å². The van der Waals surface area contributed by atoms with E-state index in [1.165, 1.54) is 12.4 Å². The zero-order valence-electron chi connectivity index (χ0n) is 16.5. The van der Waals surface area contributed by atoms with E-state index in [9.17, 15) is 4.39 Å². The van der Waals surface area contributed by atoms with Crippen LogP contribution in [-0.2, 0) is 13.0 Å². The molecule has 0 saturated heterocycles. The number of aromatic amines is 1. The Kier molecular flexibility index (Phi) is 5.37.